The number of fused-ring (bicyclic) bond motifs is 1. The molecule has 0 aliphatic rings. The van der Waals surface area contributed by atoms with Crippen LogP contribution >= 0.6 is 22.9 Å². The number of rotatable bonds is 7. The molecule has 9 nitrogen and oxygen atoms in total. The second-order valence-corrected chi connectivity index (χ2v) is 7.94. The lowest BCUT2D eigenvalue weighted by Gasteiger charge is -2.21. The first-order chi connectivity index (χ1) is 13.8. The summed E-state index contributed by atoms with van der Waals surface area (Å²) < 4.78 is 1.87. The predicted octanol–water partition coefficient (Wildman–Crippen LogP) is 3.03. The maximum absolute atomic E-state index is 12.6. The lowest BCUT2D eigenvalue weighted by Crippen LogP contribution is -2.49. The number of imidazole rings is 1. The van der Waals surface area contributed by atoms with E-state index in [1.54, 1.807) is 13.8 Å². The largest absolute Gasteiger partial charge is 0.349 e. The summed E-state index contributed by atoms with van der Waals surface area (Å²) in [5, 5.41) is 18.1. The summed E-state index contributed by atoms with van der Waals surface area (Å²) in [6.45, 7) is 3.83. The summed E-state index contributed by atoms with van der Waals surface area (Å²) >= 11 is 7.50. The summed E-state index contributed by atoms with van der Waals surface area (Å²) in [6.07, 6.45) is 3.70. The molecule has 0 bridgehead atoms. The first-order valence-corrected chi connectivity index (χ1v) is 9.95. The molecule has 2 aromatic heterocycles. The fraction of sp³-hybridized carbons (Fsp3) is 0.278. The molecular formula is C18H18ClN5O4S. The van der Waals surface area contributed by atoms with Crippen molar-refractivity contribution in [3.05, 3.63) is 62.4 Å². The minimum atomic E-state index is -0.808. The topological polar surface area (TPSA) is 119 Å². The van der Waals surface area contributed by atoms with Gasteiger partial charge in [-0.05, 0) is 12.0 Å². The number of thiazole rings is 1. The number of hydrogen-bond acceptors (Lipinski definition) is 6. The van der Waals surface area contributed by atoms with Crippen molar-refractivity contribution < 1.29 is 14.5 Å². The Balaban J connectivity index is 1.67. The number of nitro benzene ring substituents is 1. The maximum Gasteiger partial charge on any atom is 0.270 e. The number of amides is 2. The number of nitrogens with one attached hydrogen (secondary N) is 2. The number of carbonyl (C=O) groups excluding carboxylic acids is 2. The zero-order valence-electron chi connectivity index (χ0n) is 15.6. The van der Waals surface area contributed by atoms with Crippen molar-refractivity contribution in [1.82, 2.24) is 20.0 Å². The van der Waals surface area contributed by atoms with Gasteiger partial charge in [0.25, 0.3) is 11.6 Å². The molecule has 2 amide bonds. The average Bonchev–Trinajstić information content (AvgIpc) is 3.25. The number of hydrogen-bond donors (Lipinski definition) is 2. The van der Waals surface area contributed by atoms with E-state index in [2.05, 4.69) is 15.6 Å². The van der Waals surface area contributed by atoms with Gasteiger partial charge in [0.05, 0.1) is 27.7 Å². The Morgan fingerprint density at radius 2 is 2.14 bits per heavy atom. The quantitative estimate of drug-likeness (QED) is 0.436. The number of non-ortho nitro benzene ring substituents is 1. The monoisotopic (exact) mass is 435 g/mol. The van der Waals surface area contributed by atoms with E-state index in [0.29, 0.717) is 5.69 Å². The van der Waals surface area contributed by atoms with Crippen LogP contribution in [0.15, 0.2) is 36.0 Å². The Morgan fingerprint density at radius 3 is 2.76 bits per heavy atom. The summed E-state index contributed by atoms with van der Waals surface area (Å²) in [7, 11) is 0. The van der Waals surface area contributed by atoms with E-state index in [1.807, 2.05) is 22.2 Å². The Bertz CT molecular complexity index is 1050. The zero-order valence-corrected chi connectivity index (χ0v) is 17.2. The molecule has 1 atom stereocenters. The van der Waals surface area contributed by atoms with Crippen molar-refractivity contribution in [2.45, 2.75) is 26.4 Å². The Kier molecular flexibility index (Phi) is 6.14. The first-order valence-electron chi connectivity index (χ1n) is 8.70. The van der Waals surface area contributed by atoms with Crippen LogP contribution in [-0.4, -0.2) is 32.2 Å². The van der Waals surface area contributed by atoms with E-state index in [4.69, 9.17) is 11.6 Å². The molecule has 2 heterocycles. The Labute approximate surface area is 174 Å². The van der Waals surface area contributed by atoms with Crippen molar-refractivity contribution in [2.75, 3.05) is 0 Å². The molecule has 0 unspecified atom stereocenters. The van der Waals surface area contributed by atoms with Crippen molar-refractivity contribution in [3.63, 3.8) is 0 Å². The minimum Gasteiger partial charge on any atom is -0.349 e. The molecule has 0 spiro atoms. The van der Waals surface area contributed by atoms with Gasteiger partial charge >= 0.3 is 0 Å². The van der Waals surface area contributed by atoms with Crippen molar-refractivity contribution in [1.29, 1.82) is 0 Å². The molecule has 0 saturated heterocycles. The molecule has 3 rings (SSSR count). The third-order valence-electron chi connectivity index (χ3n) is 4.23. The van der Waals surface area contributed by atoms with E-state index in [1.165, 1.54) is 23.5 Å². The van der Waals surface area contributed by atoms with Gasteiger partial charge in [0.2, 0.25) is 5.91 Å². The second kappa shape index (κ2) is 8.58. The van der Waals surface area contributed by atoms with E-state index in [0.717, 1.165) is 11.0 Å². The number of carbonyl (C=O) groups is 2. The fourth-order valence-corrected chi connectivity index (χ4v) is 3.68. The number of halogens is 1. The number of benzene rings is 1. The van der Waals surface area contributed by atoms with Crippen molar-refractivity contribution >= 4 is 45.4 Å². The van der Waals surface area contributed by atoms with Gasteiger partial charge in [-0.3, -0.25) is 24.1 Å². The third-order valence-corrected chi connectivity index (χ3v) is 5.31. The molecule has 0 aliphatic heterocycles. The molecular weight excluding hydrogens is 418 g/mol. The van der Waals surface area contributed by atoms with Gasteiger partial charge in [-0.25, -0.2) is 4.98 Å². The average molecular weight is 436 g/mol. The summed E-state index contributed by atoms with van der Waals surface area (Å²) in [4.78, 5) is 40.6. The molecule has 29 heavy (non-hydrogen) atoms. The molecule has 2 N–H and O–H groups in total. The van der Waals surface area contributed by atoms with Crippen LogP contribution in [0.1, 0.15) is 29.9 Å². The lowest BCUT2D eigenvalue weighted by molar-refractivity contribution is -0.384. The predicted molar refractivity (Wildman–Crippen MR) is 109 cm³/mol. The highest BCUT2D eigenvalue weighted by molar-refractivity contribution is 7.15. The van der Waals surface area contributed by atoms with Crippen LogP contribution in [0, 0.1) is 16.0 Å². The van der Waals surface area contributed by atoms with Crippen molar-refractivity contribution in [2.24, 2.45) is 5.92 Å². The SMILES string of the molecule is CC(C)[C@H](NC(=O)c1ccc([N+](=O)[O-])cc1Cl)C(=O)NCc1cn2ccsc2n1. The maximum atomic E-state index is 12.6. The minimum absolute atomic E-state index is 0.0577. The van der Waals surface area contributed by atoms with Crippen LogP contribution < -0.4 is 10.6 Å². The highest BCUT2D eigenvalue weighted by Gasteiger charge is 2.26. The molecule has 0 aliphatic carbocycles. The van der Waals surface area contributed by atoms with Crippen LogP contribution in [0.5, 0.6) is 0 Å². The van der Waals surface area contributed by atoms with Crippen LogP contribution in [0.25, 0.3) is 4.96 Å². The van der Waals surface area contributed by atoms with Gasteiger partial charge < -0.3 is 10.6 Å². The smallest absolute Gasteiger partial charge is 0.270 e. The Morgan fingerprint density at radius 1 is 1.38 bits per heavy atom. The van der Waals surface area contributed by atoms with Crippen molar-refractivity contribution in [3.8, 4) is 0 Å². The molecule has 11 heteroatoms. The van der Waals surface area contributed by atoms with Gasteiger partial charge in [-0.2, -0.15) is 0 Å². The molecule has 0 radical (unpaired) electrons. The molecule has 0 saturated carbocycles. The number of nitrogens with zero attached hydrogens (tertiary/aromatic N) is 3. The van der Waals surface area contributed by atoms with E-state index in [-0.39, 0.29) is 34.6 Å². The van der Waals surface area contributed by atoms with E-state index < -0.39 is 16.9 Å². The summed E-state index contributed by atoms with van der Waals surface area (Å²) in [5.41, 5.74) is 0.548. The second-order valence-electron chi connectivity index (χ2n) is 6.66. The zero-order chi connectivity index (χ0) is 21.1. The van der Waals surface area contributed by atoms with Gasteiger partial charge in [0.15, 0.2) is 4.96 Å². The van der Waals surface area contributed by atoms with Crippen LogP contribution in [-0.2, 0) is 11.3 Å². The van der Waals surface area contributed by atoms with Gasteiger partial charge in [0, 0.05) is 29.9 Å². The summed E-state index contributed by atoms with van der Waals surface area (Å²) in [5.74, 6) is -1.13. The standard InChI is InChI=1S/C18H18ClN5O4S/c1-10(2)15(17(26)20-8-11-9-23-5-6-29-18(23)21-11)22-16(25)13-4-3-12(24(27)28)7-14(13)19/h3-7,9-10,15H,8H2,1-2H3,(H,20,26)(H,22,25)/t15-/m0/s1. The van der Waals surface area contributed by atoms with Crippen LogP contribution in [0.2, 0.25) is 5.02 Å². The lowest BCUT2D eigenvalue weighted by atomic mass is 10.0. The molecule has 3 aromatic rings. The molecule has 1 aromatic carbocycles. The molecule has 152 valence electrons. The number of aromatic nitrogens is 2. The number of nitro groups is 1. The van der Waals surface area contributed by atoms with Gasteiger partial charge in [0.1, 0.15) is 6.04 Å². The third kappa shape index (κ3) is 4.72. The van der Waals surface area contributed by atoms with Gasteiger partial charge in [-0.15, -0.1) is 11.3 Å². The fourth-order valence-electron chi connectivity index (χ4n) is 2.70. The highest BCUT2D eigenvalue weighted by Crippen LogP contribution is 2.22. The van der Waals surface area contributed by atoms with Crippen LogP contribution in [0.3, 0.4) is 0 Å². The first kappa shape index (κ1) is 20.7. The summed E-state index contributed by atoms with van der Waals surface area (Å²) in [6, 6.07) is 2.75. The normalized spacial score (nSPS) is 12.1. The van der Waals surface area contributed by atoms with E-state index >= 15 is 0 Å². The highest BCUT2D eigenvalue weighted by atomic mass is 35.5. The Hall–Kier alpha value is -2.98. The molecule has 0 fully saturated rings. The van der Waals surface area contributed by atoms with Gasteiger partial charge in [-0.1, -0.05) is 25.4 Å². The van der Waals surface area contributed by atoms with Crippen LogP contribution in [0.4, 0.5) is 5.69 Å². The van der Waals surface area contributed by atoms with E-state index in [9.17, 15) is 19.7 Å².